The number of halogens is 4. The Morgan fingerprint density at radius 3 is 2.32 bits per heavy atom. The van der Waals surface area contributed by atoms with E-state index in [9.17, 15) is 18.0 Å². The molecule has 3 rings (SSSR count). The minimum Gasteiger partial charge on any atom is -0.457 e. The van der Waals surface area contributed by atoms with Crippen LogP contribution in [-0.4, -0.2) is 24.7 Å². The van der Waals surface area contributed by atoms with E-state index in [4.69, 9.17) is 15.2 Å². The van der Waals surface area contributed by atoms with E-state index in [0.717, 1.165) is 12.1 Å². The van der Waals surface area contributed by atoms with Crippen LogP contribution in [-0.2, 0) is 15.7 Å². The summed E-state index contributed by atoms with van der Waals surface area (Å²) in [5.74, 6) is 0.128. The van der Waals surface area contributed by atoms with Gasteiger partial charge in [-0.3, -0.25) is 4.79 Å². The summed E-state index contributed by atoms with van der Waals surface area (Å²) in [5.41, 5.74) is 4.89. The SMILES string of the molecule is Cl.NC1(C(=O)Nc2ccc(Oc3cccc(C(F)(F)F)c3)cc2)CCOCC1. The maximum Gasteiger partial charge on any atom is 0.416 e. The van der Waals surface area contributed by atoms with Crippen LogP contribution in [0.5, 0.6) is 11.5 Å². The number of rotatable bonds is 4. The molecule has 0 spiro atoms. The number of alkyl halides is 3. The molecule has 3 N–H and O–H groups in total. The van der Waals surface area contributed by atoms with Crippen LogP contribution in [0.1, 0.15) is 18.4 Å². The fourth-order valence-electron chi connectivity index (χ4n) is 2.70. The van der Waals surface area contributed by atoms with Gasteiger partial charge in [0.05, 0.1) is 5.56 Å². The highest BCUT2D eigenvalue weighted by Crippen LogP contribution is 2.33. The molecule has 1 fully saturated rings. The fourth-order valence-corrected chi connectivity index (χ4v) is 2.70. The topological polar surface area (TPSA) is 73.6 Å². The fraction of sp³-hybridized carbons (Fsp3) is 0.316. The van der Waals surface area contributed by atoms with Crippen LogP contribution in [0.4, 0.5) is 18.9 Å². The van der Waals surface area contributed by atoms with Crippen LogP contribution in [0, 0.1) is 0 Å². The van der Waals surface area contributed by atoms with Gasteiger partial charge in [0.2, 0.25) is 5.91 Å². The third-order valence-electron chi connectivity index (χ3n) is 4.35. The van der Waals surface area contributed by atoms with Crippen molar-refractivity contribution in [2.75, 3.05) is 18.5 Å². The van der Waals surface area contributed by atoms with Crippen LogP contribution in [0.15, 0.2) is 48.5 Å². The first-order chi connectivity index (χ1) is 12.8. The number of ether oxygens (including phenoxy) is 2. The van der Waals surface area contributed by atoms with Gasteiger partial charge in [0.1, 0.15) is 17.0 Å². The zero-order valence-electron chi connectivity index (χ0n) is 14.8. The van der Waals surface area contributed by atoms with Crippen LogP contribution < -0.4 is 15.8 Å². The number of carbonyl (C=O) groups is 1. The van der Waals surface area contributed by atoms with Crippen molar-refractivity contribution in [2.45, 2.75) is 24.6 Å². The molecule has 1 aliphatic rings. The lowest BCUT2D eigenvalue weighted by Gasteiger charge is -2.31. The predicted octanol–water partition coefficient (Wildman–Crippen LogP) is 4.37. The monoisotopic (exact) mass is 416 g/mol. The Morgan fingerprint density at radius 1 is 1.07 bits per heavy atom. The maximum atomic E-state index is 12.8. The molecule has 1 aliphatic heterocycles. The first-order valence-corrected chi connectivity index (χ1v) is 8.40. The number of nitrogens with two attached hydrogens (primary N) is 1. The lowest BCUT2D eigenvalue weighted by atomic mass is 9.90. The van der Waals surface area contributed by atoms with E-state index in [2.05, 4.69) is 5.32 Å². The minimum absolute atomic E-state index is 0. The maximum absolute atomic E-state index is 12.8. The summed E-state index contributed by atoms with van der Waals surface area (Å²) in [5, 5.41) is 2.75. The van der Waals surface area contributed by atoms with Gasteiger partial charge in [0.15, 0.2) is 0 Å². The molecule has 0 aromatic heterocycles. The van der Waals surface area contributed by atoms with E-state index in [-0.39, 0.29) is 24.1 Å². The van der Waals surface area contributed by atoms with Crippen molar-refractivity contribution in [2.24, 2.45) is 5.73 Å². The van der Waals surface area contributed by atoms with Crippen molar-refractivity contribution in [1.29, 1.82) is 0 Å². The zero-order chi connectivity index (χ0) is 19.5. The second-order valence-corrected chi connectivity index (χ2v) is 6.37. The van der Waals surface area contributed by atoms with Crippen molar-refractivity contribution in [1.82, 2.24) is 0 Å². The first-order valence-electron chi connectivity index (χ1n) is 8.40. The quantitative estimate of drug-likeness (QED) is 0.776. The lowest BCUT2D eigenvalue weighted by molar-refractivity contribution is -0.137. The van der Waals surface area contributed by atoms with E-state index in [1.54, 1.807) is 24.3 Å². The largest absolute Gasteiger partial charge is 0.457 e. The summed E-state index contributed by atoms with van der Waals surface area (Å²) < 4.78 is 48.9. The zero-order valence-corrected chi connectivity index (χ0v) is 15.6. The standard InChI is InChI=1S/C19H19F3N2O3.ClH/c20-19(21,22)13-2-1-3-16(12-13)27-15-6-4-14(5-7-15)24-17(25)18(23)8-10-26-11-9-18;/h1-7,12H,8-11,23H2,(H,24,25);1H. The minimum atomic E-state index is -4.43. The highest BCUT2D eigenvalue weighted by atomic mass is 35.5. The smallest absolute Gasteiger partial charge is 0.416 e. The van der Waals surface area contributed by atoms with Gasteiger partial charge in [-0.1, -0.05) is 6.07 Å². The second kappa shape index (κ2) is 8.81. The van der Waals surface area contributed by atoms with Crippen LogP contribution in [0.3, 0.4) is 0 Å². The van der Waals surface area contributed by atoms with Gasteiger partial charge in [-0.05, 0) is 55.3 Å². The second-order valence-electron chi connectivity index (χ2n) is 6.37. The van der Waals surface area contributed by atoms with Crippen molar-refractivity contribution in [3.8, 4) is 11.5 Å². The van der Waals surface area contributed by atoms with Gasteiger partial charge in [-0.25, -0.2) is 0 Å². The number of nitrogens with one attached hydrogen (secondary N) is 1. The summed E-state index contributed by atoms with van der Waals surface area (Å²) >= 11 is 0. The Kier molecular flexibility index (Phi) is 6.92. The third kappa shape index (κ3) is 5.37. The highest BCUT2D eigenvalue weighted by molar-refractivity contribution is 5.98. The van der Waals surface area contributed by atoms with Gasteiger partial charge < -0.3 is 20.5 Å². The van der Waals surface area contributed by atoms with E-state index in [0.29, 0.717) is 37.5 Å². The van der Waals surface area contributed by atoms with Gasteiger partial charge >= 0.3 is 6.18 Å². The molecule has 9 heteroatoms. The molecule has 1 amide bonds. The van der Waals surface area contributed by atoms with Gasteiger partial charge in [0, 0.05) is 18.9 Å². The summed E-state index contributed by atoms with van der Waals surface area (Å²) in [6.45, 7) is 0.876. The molecule has 5 nitrogen and oxygen atoms in total. The Hall–Kier alpha value is -2.29. The summed E-state index contributed by atoms with van der Waals surface area (Å²) in [4.78, 5) is 12.4. The number of hydrogen-bond donors (Lipinski definition) is 2. The van der Waals surface area contributed by atoms with Gasteiger partial charge in [-0.15, -0.1) is 12.4 Å². The van der Waals surface area contributed by atoms with E-state index in [1.807, 2.05) is 0 Å². The Labute approximate surface area is 166 Å². The number of carbonyl (C=O) groups excluding carboxylic acids is 1. The molecule has 0 atom stereocenters. The van der Waals surface area contributed by atoms with Crippen molar-refractivity contribution >= 4 is 24.0 Å². The molecule has 28 heavy (non-hydrogen) atoms. The molecular weight excluding hydrogens is 397 g/mol. The predicted molar refractivity (Wildman–Crippen MR) is 101 cm³/mol. The molecular formula is C19H20ClF3N2O3. The molecule has 0 aliphatic carbocycles. The van der Waals surface area contributed by atoms with Crippen molar-refractivity contribution in [3.05, 3.63) is 54.1 Å². The molecule has 1 heterocycles. The van der Waals surface area contributed by atoms with Crippen molar-refractivity contribution < 1.29 is 27.4 Å². The number of benzene rings is 2. The molecule has 0 unspecified atom stereocenters. The average molecular weight is 417 g/mol. The number of anilines is 1. The van der Waals surface area contributed by atoms with E-state index >= 15 is 0 Å². The molecule has 152 valence electrons. The molecule has 2 aromatic rings. The highest BCUT2D eigenvalue weighted by Gasteiger charge is 2.36. The third-order valence-corrected chi connectivity index (χ3v) is 4.35. The van der Waals surface area contributed by atoms with Gasteiger partial charge in [-0.2, -0.15) is 13.2 Å². The Morgan fingerprint density at radius 2 is 1.71 bits per heavy atom. The first kappa shape index (κ1) is 22.0. The van der Waals surface area contributed by atoms with E-state index < -0.39 is 17.3 Å². The van der Waals surface area contributed by atoms with E-state index in [1.165, 1.54) is 12.1 Å². The summed E-state index contributed by atoms with van der Waals surface area (Å²) in [6, 6.07) is 10.9. The molecule has 1 saturated heterocycles. The van der Waals surface area contributed by atoms with Crippen LogP contribution >= 0.6 is 12.4 Å². The Bertz CT molecular complexity index is 807. The number of amides is 1. The Balaban J connectivity index is 0.00000280. The molecule has 0 radical (unpaired) electrons. The van der Waals surface area contributed by atoms with Crippen LogP contribution in [0.25, 0.3) is 0 Å². The molecule has 0 bridgehead atoms. The summed E-state index contributed by atoms with van der Waals surface area (Å²) in [7, 11) is 0. The van der Waals surface area contributed by atoms with Gasteiger partial charge in [0.25, 0.3) is 0 Å². The average Bonchev–Trinajstić information content (AvgIpc) is 2.63. The molecule has 2 aromatic carbocycles. The van der Waals surface area contributed by atoms with Crippen molar-refractivity contribution in [3.63, 3.8) is 0 Å². The summed E-state index contributed by atoms with van der Waals surface area (Å²) in [6.07, 6.45) is -3.55. The normalized spacial score (nSPS) is 16.0. The molecule has 0 saturated carbocycles. The van der Waals surface area contributed by atoms with Crippen LogP contribution in [0.2, 0.25) is 0 Å². The number of hydrogen-bond acceptors (Lipinski definition) is 4. The lowest BCUT2D eigenvalue weighted by Crippen LogP contribution is -2.54.